The number of allylic oxidation sites excluding steroid dienone is 4. The second-order valence-corrected chi connectivity index (χ2v) is 5.38. The van der Waals surface area contributed by atoms with E-state index in [4.69, 9.17) is 4.74 Å². The van der Waals surface area contributed by atoms with E-state index in [9.17, 15) is 9.59 Å². The predicted molar refractivity (Wildman–Crippen MR) is 73.5 cm³/mol. The molecule has 0 heterocycles. The second-order valence-electron chi connectivity index (χ2n) is 5.38. The lowest BCUT2D eigenvalue weighted by Gasteiger charge is -2.21. The van der Waals surface area contributed by atoms with Crippen LogP contribution in [-0.2, 0) is 14.3 Å². The molecule has 2 aliphatic rings. The van der Waals surface area contributed by atoms with Crippen molar-refractivity contribution < 1.29 is 14.3 Å². The molecule has 104 valence electrons. The van der Waals surface area contributed by atoms with Crippen molar-refractivity contribution in [2.75, 3.05) is 6.61 Å². The van der Waals surface area contributed by atoms with E-state index in [2.05, 4.69) is 18.2 Å². The number of carbonyl (C=O) groups is 2. The molecular formula is C16H22O3. The van der Waals surface area contributed by atoms with Gasteiger partial charge in [0, 0.05) is 19.3 Å². The first kappa shape index (κ1) is 14.0. The van der Waals surface area contributed by atoms with E-state index in [0.717, 1.165) is 32.1 Å². The third kappa shape index (κ3) is 4.05. The predicted octanol–water partition coefficient (Wildman–Crippen LogP) is 3.20. The SMILES string of the molecule is CCOC(=O)CCC1=CCC([C@H]2CCC(=O)C2)C=C1. The molecule has 1 saturated carbocycles. The first-order valence-electron chi connectivity index (χ1n) is 7.23. The summed E-state index contributed by atoms with van der Waals surface area (Å²) in [6.07, 6.45) is 11.3. The zero-order chi connectivity index (χ0) is 13.7. The Hall–Kier alpha value is -1.38. The van der Waals surface area contributed by atoms with Gasteiger partial charge in [-0.3, -0.25) is 9.59 Å². The Morgan fingerprint density at radius 2 is 2.32 bits per heavy atom. The topological polar surface area (TPSA) is 43.4 Å². The van der Waals surface area contributed by atoms with Gasteiger partial charge in [0.05, 0.1) is 6.61 Å². The van der Waals surface area contributed by atoms with Crippen LogP contribution in [-0.4, -0.2) is 18.4 Å². The summed E-state index contributed by atoms with van der Waals surface area (Å²) < 4.78 is 4.92. The highest BCUT2D eigenvalue weighted by Crippen LogP contribution is 2.34. The monoisotopic (exact) mass is 262 g/mol. The highest BCUT2D eigenvalue weighted by Gasteiger charge is 2.28. The standard InChI is InChI=1S/C16H22O3/c1-2-19-16(18)10-5-12-3-6-13(7-4-12)14-8-9-15(17)11-14/h3-4,6,13-14H,2,5,7-11H2,1H3/t13?,14-/m0/s1. The maximum atomic E-state index is 11.3. The number of hydrogen-bond donors (Lipinski definition) is 0. The van der Waals surface area contributed by atoms with Gasteiger partial charge in [0.1, 0.15) is 5.78 Å². The number of esters is 1. The van der Waals surface area contributed by atoms with E-state index in [-0.39, 0.29) is 5.97 Å². The van der Waals surface area contributed by atoms with Crippen LogP contribution in [0.5, 0.6) is 0 Å². The van der Waals surface area contributed by atoms with Crippen LogP contribution in [0, 0.1) is 11.8 Å². The molecule has 2 aliphatic carbocycles. The average molecular weight is 262 g/mol. The van der Waals surface area contributed by atoms with Crippen molar-refractivity contribution in [2.24, 2.45) is 11.8 Å². The van der Waals surface area contributed by atoms with Crippen molar-refractivity contribution in [1.82, 2.24) is 0 Å². The summed E-state index contributed by atoms with van der Waals surface area (Å²) in [5, 5.41) is 0. The first-order chi connectivity index (χ1) is 9.19. The van der Waals surface area contributed by atoms with Gasteiger partial charge < -0.3 is 4.74 Å². The summed E-state index contributed by atoms with van der Waals surface area (Å²) in [5.74, 6) is 1.33. The Balaban J connectivity index is 1.76. The zero-order valence-corrected chi connectivity index (χ0v) is 11.6. The number of ether oxygens (including phenoxy) is 1. The minimum atomic E-state index is -0.125. The van der Waals surface area contributed by atoms with Gasteiger partial charge in [-0.05, 0) is 38.0 Å². The van der Waals surface area contributed by atoms with Gasteiger partial charge in [-0.2, -0.15) is 0 Å². The lowest BCUT2D eigenvalue weighted by molar-refractivity contribution is -0.143. The number of rotatable bonds is 5. The highest BCUT2D eigenvalue weighted by atomic mass is 16.5. The first-order valence-corrected chi connectivity index (χ1v) is 7.23. The molecule has 3 heteroatoms. The summed E-state index contributed by atoms with van der Waals surface area (Å²) >= 11 is 0. The Labute approximate surface area is 114 Å². The van der Waals surface area contributed by atoms with Crippen molar-refractivity contribution in [2.45, 2.75) is 45.4 Å². The van der Waals surface area contributed by atoms with E-state index in [1.165, 1.54) is 5.57 Å². The van der Waals surface area contributed by atoms with Crippen LogP contribution in [0.4, 0.5) is 0 Å². The molecule has 0 radical (unpaired) electrons. The second kappa shape index (κ2) is 6.69. The molecule has 2 rings (SSSR count). The number of hydrogen-bond acceptors (Lipinski definition) is 3. The number of Topliss-reactive ketones (excluding diaryl/α,β-unsaturated/α-hetero) is 1. The van der Waals surface area contributed by atoms with Crippen molar-refractivity contribution in [3.8, 4) is 0 Å². The Bertz CT molecular complexity index is 406. The van der Waals surface area contributed by atoms with Crippen molar-refractivity contribution in [3.05, 3.63) is 23.8 Å². The fourth-order valence-electron chi connectivity index (χ4n) is 2.90. The summed E-state index contributed by atoms with van der Waals surface area (Å²) in [6.45, 7) is 2.27. The molecule has 19 heavy (non-hydrogen) atoms. The van der Waals surface area contributed by atoms with E-state index >= 15 is 0 Å². The van der Waals surface area contributed by atoms with Crippen molar-refractivity contribution in [1.29, 1.82) is 0 Å². The molecule has 0 N–H and O–H groups in total. The van der Waals surface area contributed by atoms with Crippen LogP contribution >= 0.6 is 0 Å². The smallest absolute Gasteiger partial charge is 0.306 e. The van der Waals surface area contributed by atoms with Crippen LogP contribution < -0.4 is 0 Å². The third-order valence-electron chi connectivity index (χ3n) is 4.02. The number of ketones is 1. The Morgan fingerprint density at radius 1 is 1.47 bits per heavy atom. The minimum absolute atomic E-state index is 0.125. The lowest BCUT2D eigenvalue weighted by atomic mass is 9.84. The van der Waals surface area contributed by atoms with E-state index in [1.54, 1.807) is 0 Å². The van der Waals surface area contributed by atoms with E-state index < -0.39 is 0 Å². The molecule has 0 aromatic rings. The fraction of sp³-hybridized carbons (Fsp3) is 0.625. The zero-order valence-electron chi connectivity index (χ0n) is 11.6. The average Bonchev–Trinajstić information content (AvgIpc) is 2.84. The molecule has 0 amide bonds. The van der Waals surface area contributed by atoms with Crippen molar-refractivity contribution >= 4 is 11.8 Å². The molecule has 0 aliphatic heterocycles. The lowest BCUT2D eigenvalue weighted by Crippen LogP contribution is -2.12. The summed E-state index contributed by atoms with van der Waals surface area (Å²) in [7, 11) is 0. The summed E-state index contributed by atoms with van der Waals surface area (Å²) in [6, 6.07) is 0. The van der Waals surface area contributed by atoms with Gasteiger partial charge >= 0.3 is 5.97 Å². The van der Waals surface area contributed by atoms with Crippen LogP contribution in [0.2, 0.25) is 0 Å². The molecule has 0 saturated heterocycles. The third-order valence-corrected chi connectivity index (χ3v) is 4.02. The summed E-state index contributed by atoms with van der Waals surface area (Å²) in [5.41, 5.74) is 1.22. The molecule has 2 atom stereocenters. The van der Waals surface area contributed by atoms with Crippen LogP contribution in [0.1, 0.15) is 45.4 Å². The Morgan fingerprint density at radius 3 is 2.89 bits per heavy atom. The van der Waals surface area contributed by atoms with Crippen LogP contribution in [0.15, 0.2) is 23.8 Å². The normalized spacial score (nSPS) is 26.4. The van der Waals surface area contributed by atoms with Gasteiger partial charge in [0.2, 0.25) is 0 Å². The molecule has 3 nitrogen and oxygen atoms in total. The van der Waals surface area contributed by atoms with Gasteiger partial charge in [-0.25, -0.2) is 0 Å². The molecule has 1 fully saturated rings. The minimum Gasteiger partial charge on any atom is -0.466 e. The molecule has 0 aromatic carbocycles. The van der Waals surface area contributed by atoms with Gasteiger partial charge in [0.15, 0.2) is 0 Å². The van der Waals surface area contributed by atoms with Crippen LogP contribution in [0.3, 0.4) is 0 Å². The largest absolute Gasteiger partial charge is 0.466 e. The maximum absolute atomic E-state index is 11.3. The maximum Gasteiger partial charge on any atom is 0.306 e. The van der Waals surface area contributed by atoms with Crippen LogP contribution in [0.25, 0.3) is 0 Å². The van der Waals surface area contributed by atoms with Gasteiger partial charge in [-0.1, -0.05) is 23.8 Å². The molecule has 0 bridgehead atoms. The van der Waals surface area contributed by atoms with Crippen molar-refractivity contribution in [3.63, 3.8) is 0 Å². The molecule has 0 spiro atoms. The fourth-order valence-corrected chi connectivity index (χ4v) is 2.90. The van der Waals surface area contributed by atoms with Gasteiger partial charge in [-0.15, -0.1) is 0 Å². The quantitative estimate of drug-likeness (QED) is 0.715. The molecule has 1 unspecified atom stereocenters. The van der Waals surface area contributed by atoms with E-state index in [0.29, 0.717) is 30.6 Å². The summed E-state index contributed by atoms with van der Waals surface area (Å²) in [4.78, 5) is 22.6. The number of carbonyl (C=O) groups excluding carboxylic acids is 2. The molecule has 0 aromatic heterocycles. The highest BCUT2D eigenvalue weighted by molar-refractivity contribution is 5.80. The molecular weight excluding hydrogens is 240 g/mol. The Kier molecular flexibility index (Phi) is 4.94. The van der Waals surface area contributed by atoms with Gasteiger partial charge in [0.25, 0.3) is 0 Å². The van der Waals surface area contributed by atoms with E-state index in [1.807, 2.05) is 6.92 Å².